The molecule has 0 aliphatic rings. The van der Waals surface area contributed by atoms with Crippen LogP contribution in [0.4, 0.5) is 0 Å². The first kappa shape index (κ1) is 18.1. The van der Waals surface area contributed by atoms with E-state index in [1.807, 2.05) is 18.2 Å². The van der Waals surface area contributed by atoms with Crippen LogP contribution in [0.2, 0.25) is 10.0 Å². The molecule has 5 heteroatoms. The zero-order valence-corrected chi connectivity index (χ0v) is 14.7. The molecule has 1 rings (SSSR count). The van der Waals surface area contributed by atoms with Crippen molar-refractivity contribution in [1.82, 2.24) is 5.32 Å². The van der Waals surface area contributed by atoms with E-state index in [1.165, 1.54) is 0 Å². The molecule has 20 heavy (non-hydrogen) atoms. The average molecular weight is 336 g/mol. The number of hydrogen-bond donors (Lipinski definition) is 2. The van der Waals surface area contributed by atoms with Gasteiger partial charge in [-0.2, -0.15) is 0 Å². The van der Waals surface area contributed by atoms with E-state index in [4.69, 9.17) is 23.2 Å². The molecule has 2 unspecified atom stereocenters. The van der Waals surface area contributed by atoms with E-state index < -0.39 is 0 Å². The summed E-state index contributed by atoms with van der Waals surface area (Å²) in [7, 11) is 0. The van der Waals surface area contributed by atoms with Crippen LogP contribution < -0.4 is 5.32 Å². The van der Waals surface area contributed by atoms with Gasteiger partial charge < -0.3 is 10.4 Å². The number of halogens is 2. The Morgan fingerprint density at radius 2 is 1.90 bits per heavy atom. The number of rotatable bonds is 7. The molecule has 0 amide bonds. The Morgan fingerprint density at radius 1 is 1.25 bits per heavy atom. The van der Waals surface area contributed by atoms with E-state index in [9.17, 15) is 5.11 Å². The van der Waals surface area contributed by atoms with Crippen LogP contribution >= 0.6 is 35.0 Å². The lowest BCUT2D eigenvalue weighted by molar-refractivity contribution is 0.157. The van der Waals surface area contributed by atoms with Crippen LogP contribution in [0.1, 0.15) is 34.1 Å². The van der Waals surface area contributed by atoms with Crippen molar-refractivity contribution in [2.24, 2.45) is 0 Å². The quantitative estimate of drug-likeness (QED) is 0.713. The number of thioether (sulfide) groups is 1. The van der Waals surface area contributed by atoms with Gasteiger partial charge in [0.15, 0.2) is 0 Å². The Labute approximate surface area is 136 Å². The van der Waals surface area contributed by atoms with Gasteiger partial charge in [-0.15, -0.1) is 11.8 Å². The highest BCUT2D eigenvalue weighted by Gasteiger charge is 2.26. The molecule has 2 nitrogen and oxygen atoms in total. The van der Waals surface area contributed by atoms with Crippen LogP contribution in [0.3, 0.4) is 0 Å². The van der Waals surface area contributed by atoms with Crippen molar-refractivity contribution in [3.8, 4) is 0 Å². The molecule has 114 valence electrons. The van der Waals surface area contributed by atoms with Gasteiger partial charge in [0.2, 0.25) is 0 Å². The van der Waals surface area contributed by atoms with Gasteiger partial charge in [-0.25, -0.2) is 0 Å². The Hall–Kier alpha value is 0.0700. The van der Waals surface area contributed by atoms with Crippen molar-refractivity contribution < 1.29 is 5.11 Å². The van der Waals surface area contributed by atoms with E-state index in [0.29, 0.717) is 21.3 Å². The SMILES string of the molecule is CC(C)NC(C)(CO)CC(C)Sc1ccc(Cl)c(Cl)c1. The second-order valence-electron chi connectivity index (χ2n) is 5.73. The van der Waals surface area contributed by atoms with Gasteiger partial charge in [0.25, 0.3) is 0 Å². The zero-order valence-electron chi connectivity index (χ0n) is 12.4. The fraction of sp³-hybridized carbons (Fsp3) is 0.600. The van der Waals surface area contributed by atoms with Crippen molar-refractivity contribution >= 4 is 35.0 Å². The van der Waals surface area contributed by atoms with Crippen LogP contribution in [0, 0.1) is 0 Å². The first-order valence-electron chi connectivity index (χ1n) is 6.76. The molecule has 0 radical (unpaired) electrons. The van der Waals surface area contributed by atoms with Gasteiger partial charge >= 0.3 is 0 Å². The fourth-order valence-corrected chi connectivity index (χ4v) is 3.94. The molecule has 1 aromatic rings. The molecular formula is C15H23Cl2NOS. The summed E-state index contributed by atoms with van der Waals surface area (Å²) in [4.78, 5) is 1.09. The number of aliphatic hydroxyl groups excluding tert-OH is 1. The molecule has 0 saturated carbocycles. The molecule has 0 aromatic heterocycles. The maximum Gasteiger partial charge on any atom is 0.0611 e. The van der Waals surface area contributed by atoms with Crippen LogP contribution in [0.15, 0.2) is 23.1 Å². The molecule has 0 bridgehead atoms. The normalized spacial score (nSPS) is 16.2. The average Bonchev–Trinajstić information content (AvgIpc) is 2.32. The first-order valence-corrected chi connectivity index (χ1v) is 8.39. The molecule has 2 atom stereocenters. The molecule has 0 aliphatic heterocycles. The third kappa shape index (κ3) is 5.82. The Kier molecular flexibility index (Phi) is 7.16. The largest absolute Gasteiger partial charge is 0.394 e. The third-order valence-corrected chi connectivity index (χ3v) is 4.79. The van der Waals surface area contributed by atoms with Gasteiger partial charge in [0.1, 0.15) is 0 Å². The summed E-state index contributed by atoms with van der Waals surface area (Å²) in [6.45, 7) is 8.51. The number of benzene rings is 1. The van der Waals surface area contributed by atoms with Crippen LogP contribution in [-0.2, 0) is 0 Å². The van der Waals surface area contributed by atoms with Crippen molar-refractivity contribution in [3.05, 3.63) is 28.2 Å². The van der Waals surface area contributed by atoms with Crippen LogP contribution in [0.5, 0.6) is 0 Å². The number of aliphatic hydroxyl groups is 1. The van der Waals surface area contributed by atoms with Crippen molar-refractivity contribution in [2.75, 3.05) is 6.61 Å². The van der Waals surface area contributed by atoms with Crippen LogP contribution in [0.25, 0.3) is 0 Å². The second-order valence-corrected chi connectivity index (χ2v) is 8.05. The van der Waals surface area contributed by atoms with Crippen molar-refractivity contribution in [1.29, 1.82) is 0 Å². The lowest BCUT2D eigenvalue weighted by Gasteiger charge is -2.33. The summed E-state index contributed by atoms with van der Waals surface area (Å²) in [5, 5.41) is 14.6. The summed E-state index contributed by atoms with van der Waals surface area (Å²) < 4.78 is 0. The fourth-order valence-electron chi connectivity index (χ4n) is 2.32. The monoisotopic (exact) mass is 335 g/mol. The van der Waals surface area contributed by atoms with Gasteiger partial charge in [0.05, 0.1) is 16.7 Å². The van der Waals surface area contributed by atoms with Gasteiger partial charge in [-0.05, 0) is 31.5 Å². The maximum atomic E-state index is 9.62. The lowest BCUT2D eigenvalue weighted by atomic mass is 9.96. The number of hydrogen-bond acceptors (Lipinski definition) is 3. The third-order valence-electron chi connectivity index (χ3n) is 2.95. The van der Waals surface area contributed by atoms with Crippen LogP contribution in [-0.4, -0.2) is 28.5 Å². The van der Waals surface area contributed by atoms with E-state index in [1.54, 1.807) is 11.8 Å². The highest BCUT2D eigenvalue weighted by molar-refractivity contribution is 8.00. The molecule has 1 aromatic carbocycles. The Morgan fingerprint density at radius 3 is 2.40 bits per heavy atom. The molecule has 0 spiro atoms. The summed E-state index contributed by atoms with van der Waals surface area (Å²) in [5.74, 6) is 0. The minimum atomic E-state index is -0.267. The summed E-state index contributed by atoms with van der Waals surface area (Å²) in [6.07, 6.45) is 0.868. The van der Waals surface area contributed by atoms with E-state index in [2.05, 4.69) is 33.0 Å². The van der Waals surface area contributed by atoms with E-state index in [0.717, 1.165) is 11.3 Å². The topological polar surface area (TPSA) is 32.3 Å². The molecular weight excluding hydrogens is 313 g/mol. The van der Waals surface area contributed by atoms with Gasteiger partial charge in [-0.1, -0.05) is 44.0 Å². The van der Waals surface area contributed by atoms with Gasteiger partial charge in [0, 0.05) is 21.7 Å². The van der Waals surface area contributed by atoms with Crippen molar-refractivity contribution in [2.45, 2.75) is 55.8 Å². The standard InChI is InChI=1S/C15H23Cl2NOS/c1-10(2)18-15(4,9-19)8-11(3)20-12-5-6-13(16)14(17)7-12/h5-7,10-11,18-19H,8-9H2,1-4H3. The molecule has 0 fully saturated rings. The van der Waals surface area contributed by atoms with E-state index >= 15 is 0 Å². The van der Waals surface area contributed by atoms with E-state index in [-0.39, 0.29) is 12.1 Å². The predicted molar refractivity (Wildman–Crippen MR) is 90.2 cm³/mol. The molecule has 0 heterocycles. The summed E-state index contributed by atoms with van der Waals surface area (Å²) >= 11 is 13.7. The Balaban J connectivity index is 2.65. The zero-order chi connectivity index (χ0) is 15.3. The lowest BCUT2D eigenvalue weighted by Crippen LogP contribution is -2.50. The summed E-state index contributed by atoms with van der Waals surface area (Å²) in [6, 6.07) is 6.02. The highest BCUT2D eigenvalue weighted by atomic mass is 35.5. The minimum absolute atomic E-state index is 0.122. The minimum Gasteiger partial charge on any atom is -0.394 e. The van der Waals surface area contributed by atoms with Crippen molar-refractivity contribution in [3.63, 3.8) is 0 Å². The maximum absolute atomic E-state index is 9.62. The second kappa shape index (κ2) is 7.90. The Bertz CT molecular complexity index is 442. The summed E-state index contributed by atoms with van der Waals surface area (Å²) in [5.41, 5.74) is -0.267. The number of nitrogens with one attached hydrogen (secondary N) is 1. The van der Waals surface area contributed by atoms with Gasteiger partial charge in [-0.3, -0.25) is 0 Å². The molecule has 2 N–H and O–H groups in total. The smallest absolute Gasteiger partial charge is 0.0611 e. The molecule has 0 saturated heterocycles. The first-order chi connectivity index (χ1) is 9.25. The highest BCUT2D eigenvalue weighted by Crippen LogP contribution is 2.32. The predicted octanol–water partition coefficient (Wildman–Crippen LogP) is 4.61. The molecule has 0 aliphatic carbocycles.